The quantitative estimate of drug-likeness (QED) is 0.683. The Morgan fingerprint density at radius 1 is 1.25 bits per heavy atom. The molecule has 0 aromatic carbocycles. The van der Waals surface area contributed by atoms with Crippen molar-refractivity contribution in [1.29, 1.82) is 0 Å². The monoisotopic (exact) mass is 404 g/mol. The van der Waals surface area contributed by atoms with Crippen molar-refractivity contribution in [2.24, 2.45) is 0 Å². The van der Waals surface area contributed by atoms with E-state index in [1.165, 1.54) is 0 Å². The molecule has 0 atom stereocenters. The second-order valence-electron chi connectivity index (χ2n) is 8.00. The third kappa shape index (κ3) is 5.80. The van der Waals surface area contributed by atoms with Gasteiger partial charge in [0.2, 0.25) is 0 Å². The summed E-state index contributed by atoms with van der Waals surface area (Å²) in [5, 5.41) is 14.2. The number of aliphatic hydroxyl groups is 1. The van der Waals surface area contributed by atoms with Gasteiger partial charge in [0.05, 0.1) is 17.5 Å². The van der Waals surface area contributed by atoms with Crippen molar-refractivity contribution in [3.63, 3.8) is 0 Å². The van der Waals surface area contributed by atoms with Crippen molar-refractivity contribution in [2.75, 3.05) is 32.6 Å². The van der Waals surface area contributed by atoms with Crippen molar-refractivity contribution in [2.45, 2.75) is 44.2 Å². The van der Waals surface area contributed by atoms with Crippen LogP contribution < -0.4 is 10.1 Å². The molecule has 0 spiro atoms. The fourth-order valence-corrected chi connectivity index (χ4v) is 3.49. The van der Waals surface area contributed by atoms with Gasteiger partial charge in [-0.1, -0.05) is 11.6 Å². The molecule has 2 aromatic heterocycles. The third-order valence-electron chi connectivity index (χ3n) is 5.11. The molecule has 6 nitrogen and oxygen atoms in total. The van der Waals surface area contributed by atoms with Crippen LogP contribution in [0.25, 0.3) is 11.3 Å². The Balaban J connectivity index is 1.71. The van der Waals surface area contributed by atoms with Gasteiger partial charge in [-0.25, -0.2) is 4.98 Å². The predicted molar refractivity (Wildman–Crippen MR) is 113 cm³/mol. The van der Waals surface area contributed by atoms with Crippen molar-refractivity contribution in [1.82, 2.24) is 14.9 Å². The molecule has 0 aliphatic heterocycles. The SMILES string of the molecule is CN(C)CCOc1ccc(-c2cnc(Cl)cc2NC2CCC(C)(O)CC2)nc1. The van der Waals surface area contributed by atoms with Gasteiger partial charge in [-0.05, 0) is 64.9 Å². The van der Waals surface area contributed by atoms with Crippen LogP contribution in [0.4, 0.5) is 5.69 Å². The standard InChI is InChI=1S/C21H29ClN4O2/c1-21(27)8-6-15(7-9-21)25-19-12-20(22)24-14-17(19)18-5-4-16(13-23-18)28-11-10-26(2)3/h4-5,12-15,27H,6-11H2,1-3H3,(H,24,25). The molecule has 2 aromatic rings. The summed E-state index contributed by atoms with van der Waals surface area (Å²) in [5.74, 6) is 0.747. The molecular formula is C21H29ClN4O2. The first-order valence-corrected chi connectivity index (χ1v) is 10.1. The molecule has 0 radical (unpaired) electrons. The number of likely N-dealkylation sites (N-methyl/N-ethyl adjacent to an activating group) is 1. The van der Waals surface area contributed by atoms with Crippen LogP contribution in [0.5, 0.6) is 5.75 Å². The van der Waals surface area contributed by atoms with Gasteiger partial charge in [-0.15, -0.1) is 0 Å². The molecule has 1 aliphatic rings. The van der Waals surface area contributed by atoms with Gasteiger partial charge >= 0.3 is 0 Å². The van der Waals surface area contributed by atoms with E-state index in [1.54, 1.807) is 12.4 Å². The van der Waals surface area contributed by atoms with Crippen LogP contribution in [0.3, 0.4) is 0 Å². The molecule has 1 saturated carbocycles. The van der Waals surface area contributed by atoms with E-state index in [1.807, 2.05) is 39.2 Å². The first kappa shape index (κ1) is 20.8. The number of halogens is 1. The Hall–Kier alpha value is -1.89. The molecule has 0 amide bonds. The Labute approximate surface area is 171 Å². The normalized spacial score (nSPS) is 22.3. The fraction of sp³-hybridized carbons (Fsp3) is 0.524. The average Bonchev–Trinajstić information content (AvgIpc) is 2.64. The molecule has 0 saturated heterocycles. The summed E-state index contributed by atoms with van der Waals surface area (Å²) in [7, 11) is 4.03. The molecule has 2 N–H and O–H groups in total. The average molecular weight is 405 g/mol. The summed E-state index contributed by atoms with van der Waals surface area (Å²) < 4.78 is 5.72. The maximum absolute atomic E-state index is 10.2. The highest BCUT2D eigenvalue weighted by Gasteiger charge is 2.29. The van der Waals surface area contributed by atoms with Crippen LogP contribution in [-0.4, -0.2) is 58.9 Å². The Morgan fingerprint density at radius 2 is 2.00 bits per heavy atom. The minimum absolute atomic E-state index is 0.297. The summed E-state index contributed by atoms with van der Waals surface area (Å²) >= 11 is 6.14. The molecule has 3 rings (SSSR count). The maximum atomic E-state index is 10.2. The lowest BCUT2D eigenvalue weighted by molar-refractivity contribution is 0.0196. The number of nitrogens with one attached hydrogen (secondary N) is 1. The number of hydrogen-bond donors (Lipinski definition) is 2. The van der Waals surface area contributed by atoms with E-state index in [2.05, 4.69) is 20.2 Å². The van der Waals surface area contributed by atoms with Crippen molar-refractivity contribution < 1.29 is 9.84 Å². The maximum Gasteiger partial charge on any atom is 0.137 e. The molecule has 7 heteroatoms. The minimum atomic E-state index is -0.555. The lowest BCUT2D eigenvalue weighted by Gasteiger charge is -2.34. The van der Waals surface area contributed by atoms with Crippen molar-refractivity contribution >= 4 is 17.3 Å². The van der Waals surface area contributed by atoms with E-state index in [4.69, 9.17) is 16.3 Å². The van der Waals surface area contributed by atoms with E-state index in [-0.39, 0.29) is 0 Å². The topological polar surface area (TPSA) is 70.5 Å². The Morgan fingerprint density at radius 3 is 2.64 bits per heavy atom. The Bertz CT molecular complexity index is 770. The zero-order chi connectivity index (χ0) is 20.1. The number of hydrogen-bond acceptors (Lipinski definition) is 6. The van der Waals surface area contributed by atoms with Crippen molar-refractivity contribution in [3.8, 4) is 17.0 Å². The van der Waals surface area contributed by atoms with Crippen LogP contribution in [-0.2, 0) is 0 Å². The van der Waals surface area contributed by atoms with Gasteiger partial charge in [0.25, 0.3) is 0 Å². The second-order valence-corrected chi connectivity index (χ2v) is 8.39. The number of ether oxygens (including phenoxy) is 1. The first-order chi connectivity index (χ1) is 13.3. The summed E-state index contributed by atoms with van der Waals surface area (Å²) in [5.41, 5.74) is 2.08. The number of aromatic nitrogens is 2. The summed E-state index contributed by atoms with van der Waals surface area (Å²) in [6, 6.07) is 6.00. The third-order valence-corrected chi connectivity index (χ3v) is 5.32. The fourth-order valence-electron chi connectivity index (χ4n) is 3.33. The molecular weight excluding hydrogens is 376 g/mol. The lowest BCUT2D eigenvalue weighted by atomic mass is 9.83. The smallest absolute Gasteiger partial charge is 0.137 e. The van der Waals surface area contributed by atoms with E-state index < -0.39 is 5.60 Å². The van der Waals surface area contributed by atoms with E-state index in [9.17, 15) is 5.11 Å². The lowest BCUT2D eigenvalue weighted by Crippen LogP contribution is -2.35. The molecule has 0 unspecified atom stereocenters. The minimum Gasteiger partial charge on any atom is -0.491 e. The van der Waals surface area contributed by atoms with E-state index >= 15 is 0 Å². The summed E-state index contributed by atoms with van der Waals surface area (Å²) in [6.45, 7) is 3.38. The number of anilines is 1. The largest absolute Gasteiger partial charge is 0.491 e. The van der Waals surface area contributed by atoms with Gasteiger partial charge in [-0.3, -0.25) is 4.98 Å². The van der Waals surface area contributed by atoms with Crippen LogP contribution in [0.2, 0.25) is 5.15 Å². The van der Waals surface area contributed by atoms with Crippen LogP contribution >= 0.6 is 11.6 Å². The van der Waals surface area contributed by atoms with Gasteiger partial charge in [-0.2, -0.15) is 0 Å². The highest BCUT2D eigenvalue weighted by molar-refractivity contribution is 6.29. The highest BCUT2D eigenvalue weighted by Crippen LogP contribution is 2.33. The van der Waals surface area contributed by atoms with Crippen LogP contribution in [0, 0.1) is 0 Å². The summed E-state index contributed by atoms with van der Waals surface area (Å²) in [4.78, 5) is 10.9. The molecule has 1 fully saturated rings. The molecule has 0 bridgehead atoms. The van der Waals surface area contributed by atoms with E-state index in [0.29, 0.717) is 17.8 Å². The summed E-state index contributed by atoms with van der Waals surface area (Å²) in [6.07, 6.45) is 6.89. The number of pyridine rings is 2. The zero-order valence-corrected chi connectivity index (χ0v) is 17.5. The van der Waals surface area contributed by atoms with Gasteiger partial charge < -0.3 is 20.1 Å². The predicted octanol–water partition coefficient (Wildman–Crippen LogP) is 3.84. The second kappa shape index (κ2) is 9.07. The number of rotatable bonds is 7. The van der Waals surface area contributed by atoms with Crippen LogP contribution in [0.15, 0.2) is 30.6 Å². The number of nitrogens with zero attached hydrogens (tertiary/aromatic N) is 3. The van der Waals surface area contributed by atoms with Gasteiger partial charge in [0.1, 0.15) is 17.5 Å². The van der Waals surface area contributed by atoms with Gasteiger partial charge in [0.15, 0.2) is 0 Å². The van der Waals surface area contributed by atoms with Gasteiger partial charge in [0, 0.05) is 30.0 Å². The Kier molecular flexibility index (Phi) is 6.75. The van der Waals surface area contributed by atoms with Crippen LogP contribution in [0.1, 0.15) is 32.6 Å². The van der Waals surface area contributed by atoms with E-state index in [0.717, 1.165) is 54.9 Å². The zero-order valence-electron chi connectivity index (χ0n) is 16.8. The molecule has 28 heavy (non-hydrogen) atoms. The molecule has 152 valence electrons. The first-order valence-electron chi connectivity index (χ1n) is 9.71. The van der Waals surface area contributed by atoms with Crippen molar-refractivity contribution in [3.05, 3.63) is 35.7 Å². The molecule has 1 aliphatic carbocycles. The molecule has 2 heterocycles. The highest BCUT2D eigenvalue weighted by atomic mass is 35.5.